The average molecular weight is 348 g/mol. The van der Waals surface area contributed by atoms with Crippen molar-refractivity contribution in [2.24, 2.45) is 0 Å². The Labute approximate surface area is 144 Å². The van der Waals surface area contributed by atoms with Crippen molar-refractivity contribution in [2.45, 2.75) is 19.9 Å². The van der Waals surface area contributed by atoms with Crippen LogP contribution in [0.4, 0.5) is 5.69 Å². The molecule has 0 bridgehead atoms. The van der Waals surface area contributed by atoms with Gasteiger partial charge in [0.1, 0.15) is 10.8 Å². The van der Waals surface area contributed by atoms with Gasteiger partial charge in [-0.15, -0.1) is 0 Å². The van der Waals surface area contributed by atoms with Gasteiger partial charge in [-0.25, -0.2) is 4.98 Å². The monoisotopic (exact) mass is 347 g/mol. The molecular weight excluding hydrogens is 333 g/mol. The van der Waals surface area contributed by atoms with Gasteiger partial charge in [-0.2, -0.15) is 0 Å². The summed E-state index contributed by atoms with van der Waals surface area (Å²) in [6, 6.07) is 10.9. The SMILES string of the molecule is CCCn1ccc2cc(NC(=O)c3nc(Cl)ccc3Cl)ccc21. The fourth-order valence-electron chi connectivity index (χ4n) is 2.48. The number of hydrogen-bond acceptors (Lipinski definition) is 2. The summed E-state index contributed by atoms with van der Waals surface area (Å²) in [4.78, 5) is 16.3. The molecule has 0 atom stereocenters. The van der Waals surface area contributed by atoms with E-state index in [4.69, 9.17) is 23.2 Å². The van der Waals surface area contributed by atoms with Gasteiger partial charge in [-0.05, 0) is 42.8 Å². The molecule has 0 unspecified atom stereocenters. The van der Waals surface area contributed by atoms with Crippen LogP contribution in [0.2, 0.25) is 10.2 Å². The van der Waals surface area contributed by atoms with Gasteiger partial charge >= 0.3 is 0 Å². The molecule has 1 aromatic carbocycles. The highest BCUT2D eigenvalue weighted by Crippen LogP contribution is 2.23. The number of benzene rings is 1. The van der Waals surface area contributed by atoms with Gasteiger partial charge < -0.3 is 9.88 Å². The number of carbonyl (C=O) groups is 1. The third-order valence-corrected chi connectivity index (χ3v) is 4.04. The Hall–Kier alpha value is -2.04. The zero-order valence-corrected chi connectivity index (χ0v) is 14.0. The predicted octanol–water partition coefficient (Wildman–Crippen LogP) is 5.01. The topological polar surface area (TPSA) is 46.9 Å². The maximum Gasteiger partial charge on any atom is 0.275 e. The highest BCUT2D eigenvalue weighted by molar-refractivity contribution is 6.35. The molecule has 0 radical (unpaired) electrons. The Balaban J connectivity index is 1.86. The van der Waals surface area contributed by atoms with Crippen LogP contribution in [-0.2, 0) is 6.54 Å². The van der Waals surface area contributed by atoms with E-state index in [1.807, 2.05) is 24.3 Å². The van der Waals surface area contributed by atoms with Crippen LogP contribution >= 0.6 is 23.2 Å². The Morgan fingerprint density at radius 2 is 2.04 bits per heavy atom. The first-order valence-electron chi connectivity index (χ1n) is 7.31. The van der Waals surface area contributed by atoms with Gasteiger partial charge in [0.25, 0.3) is 5.91 Å². The highest BCUT2D eigenvalue weighted by atomic mass is 35.5. The van der Waals surface area contributed by atoms with Gasteiger partial charge in [0.2, 0.25) is 0 Å². The van der Waals surface area contributed by atoms with E-state index >= 15 is 0 Å². The molecule has 1 amide bonds. The third-order valence-electron chi connectivity index (χ3n) is 3.52. The number of nitrogens with one attached hydrogen (secondary N) is 1. The lowest BCUT2D eigenvalue weighted by Crippen LogP contribution is -2.14. The molecule has 3 rings (SSSR count). The van der Waals surface area contributed by atoms with Crippen LogP contribution in [0, 0.1) is 0 Å². The summed E-state index contributed by atoms with van der Waals surface area (Å²) >= 11 is 11.8. The summed E-state index contributed by atoms with van der Waals surface area (Å²) < 4.78 is 2.19. The van der Waals surface area contributed by atoms with Crippen molar-refractivity contribution in [3.63, 3.8) is 0 Å². The minimum Gasteiger partial charge on any atom is -0.347 e. The number of hydrogen-bond donors (Lipinski definition) is 1. The molecule has 0 aliphatic rings. The molecule has 0 fully saturated rings. The summed E-state index contributed by atoms with van der Waals surface area (Å²) in [5, 5.41) is 4.37. The van der Waals surface area contributed by atoms with Crippen LogP contribution < -0.4 is 5.32 Å². The number of rotatable bonds is 4. The maximum atomic E-state index is 12.3. The Morgan fingerprint density at radius 1 is 1.22 bits per heavy atom. The number of fused-ring (bicyclic) bond motifs is 1. The van der Waals surface area contributed by atoms with E-state index in [1.165, 1.54) is 0 Å². The van der Waals surface area contributed by atoms with Crippen molar-refractivity contribution in [1.29, 1.82) is 0 Å². The molecule has 0 aliphatic heterocycles. The largest absolute Gasteiger partial charge is 0.347 e. The quantitative estimate of drug-likeness (QED) is 0.674. The summed E-state index contributed by atoms with van der Waals surface area (Å²) in [6.07, 6.45) is 3.12. The van der Waals surface area contributed by atoms with E-state index in [0.29, 0.717) is 5.69 Å². The molecule has 6 heteroatoms. The molecule has 4 nitrogen and oxygen atoms in total. The van der Waals surface area contributed by atoms with Gasteiger partial charge in [0.15, 0.2) is 0 Å². The standard InChI is InChI=1S/C17H15Cl2N3O/c1-2-8-22-9-7-11-10-12(3-5-14(11)22)20-17(23)16-13(18)4-6-15(19)21-16/h3-7,9-10H,2,8H2,1H3,(H,20,23). The van der Waals surface area contributed by atoms with E-state index in [1.54, 1.807) is 12.1 Å². The lowest BCUT2D eigenvalue weighted by molar-refractivity contribution is 0.102. The molecule has 1 N–H and O–H groups in total. The first kappa shape index (κ1) is 15.8. The number of carbonyl (C=O) groups excluding carboxylic acids is 1. The van der Waals surface area contributed by atoms with Gasteiger partial charge in [-0.1, -0.05) is 30.1 Å². The number of aryl methyl sites for hydroxylation is 1. The second-order valence-electron chi connectivity index (χ2n) is 5.20. The molecule has 2 heterocycles. The van der Waals surface area contributed by atoms with Crippen LogP contribution in [-0.4, -0.2) is 15.5 Å². The normalized spacial score (nSPS) is 10.9. The van der Waals surface area contributed by atoms with E-state index < -0.39 is 0 Å². The van der Waals surface area contributed by atoms with Crippen LogP contribution in [0.15, 0.2) is 42.6 Å². The smallest absolute Gasteiger partial charge is 0.275 e. The number of aromatic nitrogens is 2. The molecule has 3 aromatic rings. The minimum atomic E-state index is -0.384. The van der Waals surface area contributed by atoms with Crippen molar-refractivity contribution >= 4 is 45.7 Å². The van der Waals surface area contributed by atoms with Crippen LogP contribution in [0.3, 0.4) is 0 Å². The summed E-state index contributed by atoms with van der Waals surface area (Å²) in [6.45, 7) is 3.11. The molecule has 0 saturated carbocycles. The van der Waals surface area contributed by atoms with E-state index in [0.717, 1.165) is 23.9 Å². The van der Waals surface area contributed by atoms with E-state index in [9.17, 15) is 4.79 Å². The fraction of sp³-hybridized carbons (Fsp3) is 0.176. The first-order valence-corrected chi connectivity index (χ1v) is 8.06. The zero-order valence-electron chi connectivity index (χ0n) is 12.5. The van der Waals surface area contributed by atoms with Crippen molar-refractivity contribution in [2.75, 3.05) is 5.32 Å². The van der Waals surface area contributed by atoms with E-state index in [2.05, 4.69) is 28.0 Å². The van der Waals surface area contributed by atoms with Gasteiger partial charge in [-0.3, -0.25) is 4.79 Å². The van der Waals surface area contributed by atoms with Gasteiger partial charge in [0, 0.05) is 29.3 Å². The van der Waals surface area contributed by atoms with E-state index in [-0.39, 0.29) is 21.8 Å². The van der Waals surface area contributed by atoms with Crippen LogP contribution in [0.25, 0.3) is 10.9 Å². The van der Waals surface area contributed by atoms with Crippen molar-refractivity contribution in [3.05, 3.63) is 58.5 Å². The molecule has 0 aliphatic carbocycles. The Bertz CT molecular complexity index is 873. The Morgan fingerprint density at radius 3 is 2.83 bits per heavy atom. The fourth-order valence-corrected chi connectivity index (χ4v) is 2.82. The molecule has 118 valence electrons. The second kappa shape index (κ2) is 6.60. The highest BCUT2D eigenvalue weighted by Gasteiger charge is 2.13. The molecule has 23 heavy (non-hydrogen) atoms. The molecule has 2 aromatic heterocycles. The number of nitrogens with zero attached hydrogens (tertiary/aromatic N) is 2. The van der Waals surface area contributed by atoms with Crippen LogP contribution in [0.5, 0.6) is 0 Å². The summed E-state index contributed by atoms with van der Waals surface area (Å²) in [5.41, 5.74) is 1.95. The number of anilines is 1. The lowest BCUT2D eigenvalue weighted by Gasteiger charge is -2.08. The summed E-state index contributed by atoms with van der Waals surface area (Å²) in [5.74, 6) is -0.384. The number of amides is 1. The first-order chi connectivity index (χ1) is 11.1. The maximum absolute atomic E-state index is 12.3. The second-order valence-corrected chi connectivity index (χ2v) is 6.00. The number of halogens is 2. The number of pyridine rings is 1. The van der Waals surface area contributed by atoms with Crippen molar-refractivity contribution in [3.8, 4) is 0 Å². The van der Waals surface area contributed by atoms with Crippen molar-refractivity contribution in [1.82, 2.24) is 9.55 Å². The lowest BCUT2D eigenvalue weighted by atomic mass is 10.2. The molecule has 0 spiro atoms. The average Bonchev–Trinajstić information content (AvgIpc) is 2.92. The zero-order chi connectivity index (χ0) is 16.4. The molecule has 0 saturated heterocycles. The van der Waals surface area contributed by atoms with Crippen LogP contribution in [0.1, 0.15) is 23.8 Å². The Kier molecular flexibility index (Phi) is 4.55. The summed E-state index contributed by atoms with van der Waals surface area (Å²) in [7, 11) is 0. The van der Waals surface area contributed by atoms with Gasteiger partial charge in [0.05, 0.1) is 5.02 Å². The third kappa shape index (κ3) is 3.33. The minimum absolute atomic E-state index is 0.114. The molecular formula is C17H15Cl2N3O. The predicted molar refractivity (Wildman–Crippen MR) is 94.4 cm³/mol. The van der Waals surface area contributed by atoms with Crippen molar-refractivity contribution < 1.29 is 4.79 Å².